The Balaban J connectivity index is 2.22. The number of hydrogen-bond acceptors (Lipinski definition) is 4. The zero-order chi connectivity index (χ0) is 27.0. The number of carbonyl (C=O) groups excluding carboxylic acids is 2. The van der Waals surface area contributed by atoms with Gasteiger partial charge in [0.15, 0.2) is 0 Å². The molecule has 2 atom stereocenters. The molecule has 198 valence electrons. The van der Waals surface area contributed by atoms with Gasteiger partial charge in [0.1, 0.15) is 6.04 Å². The Morgan fingerprint density at radius 1 is 1.00 bits per heavy atom. The normalized spacial score (nSPS) is 13.1. The first-order valence-electron chi connectivity index (χ1n) is 11.6. The van der Waals surface area contributed by atoms with Crippen molar-refractivity contribution in [2.24, 2.45) is 0 Å². The average Bonchev–Trinajstić information content (AvgIpc) is 2.81. The van der Waals surface area contributed by atoms with Gasteiger partial charge in [0.25, 0.3) is 0 Å². The topological polar surface area (TPSA) is 86.8 Å². The van der Waals surface area contributed by atoms with Crippen molar-refractivity contribution in [1.82, 2.24) is 10.2 Å². The molecule has 0 aliphatic carbocycles. The van der Waals surface area contributed by atoms with Gasteiger partial charge in [-0.1, -0.05) is 47.8 Å². The summed E-state index contributed by atoms with van der Waals surface area (Å²) in [6.45, 7) is 5.62. The quantitative estimate of drug-likeness (QED) is 0.360. The fourth-order valence-corrected chi connectivity index (χ4v) is 5.12. The zero-order valence-corrected chi connectivity index (χ0v) is 23.9. The molecule has 2 aromatic carbocycles. The average molecular weight is 577 g/mol. The highest BCUT2D eigenvalue weighted by Gasteiger charge is 2.28. The SMILES string of the molecule is CC[C@@H](C)NC(=O)[C@@H](C)N(Cc1c(Cl)cccc1Cl)C(=O)CCCN(c1ccc(Cl)cc1)S(C)(=O)=O. The van der Waals surface area contributed by atoms with Crippen molar-refractivity contribution in [1.29, 1.82) is 0 Å². The summed E-state index contributed by atoms with van der Waals surface area (Å²) >= 11 is 18.6. The molecule has 7 nitrogen and oxygen atoms in total. The van der Waals surface area contributed by atoms with Gasteiger partial charge in [0, 0.05) is 46.2 Å². The predicted molar refractivity (Wildman–Crippen MR) is 147 cm³/mol. The number of nitrogens with zero attached hydrogens (tertiary/aromatic N) is 2. The van der Waals surface area contributed by atoms with E-state index in [1.165, 1.54) is 9.21 Å². The predicted octanol–water partition coefficient (Wildman–Crippen LogP) is 5.53. The minimum Gasteiger partial charge on any atom is -0.352 e. The lowest BCUT2D eigenvalue weighted by Crippen LogP contribution is -2.49. The Morgan fingerprint density at radius 3 is 2.11 bits per heavy atom. The minimum absolute atomic E-state index is 0.0165. The molecule has 0 fully saturated rings. The molecule has 0 aromatic heterocycles. The van der Waals surface area contributed by atoms with E-state index in [4.69, 9.17) is 34.8 Å². The second-order valence-electron chi connectivity index (χ2n) is 8.63. The first-order valence-corrected chi connectivity index (χ1v) is 14.6. The molecule has 36 heavy (non-hydrogen) atoms. The first kappa shape index (κ1) is 30.2. The Bertz CT molecular complexity index is 1140. The van der Waals surface area contributed by atoms with Crippen LogP contribution in [0.25, 0.3) is 0 Å². The molecule has 0 saturated heterocycles. The molecule has 1 N–H and O–H groups in total. The number of amides is 2. The van der Waals surface area contributed by atoms with Crippen LogP contribution in [0.15, 0.2) is 42.5 Å². The van der Waals surface area contributed by atoms with E-state index in [1.807, 2.05) is 13.8 Å². The second-order valence-corrected chi connectivity index (χ2v) is 11.8. The second kappa shape index (κ2) is 13.5. The molecular formula is C25H32Cl3N3O4S. The van der Waals surface area contributed by atoms with E-state index in [0.29, 0.717) is 26.3 Å². The van der Waals surface area contributed by atoms with Crippen LogP contribution < -0.4 is 9.62 Å². The summed E-state index contributed by atoms with van der Waals surface area (Å²) in [6.07, 6.45) is 2.11. The molecule has 2 rings (SSSR count). The lowest BCUT2D eigenvalue weighted by atomic mass is 10.1. The number of carbonyl (C=O) groups is 2. The monoisotopic (exact) mass is 575 g/mol. The van der Waals surface area contributed by atoms with Crippen LogP contribution in [0.1, 0.15) is 45.6 Å². The van der Waals surface area contributed by atoms with Crippen molar-refractivity contribution >= 4 is 62.3 Å². The van der Waals surface area contributed by atoms with Crippen LogP contribution >= 0.6 is 34.8 Å². The summed E-state index contributed by atoms with van der Waals surface area (Å²) in [5.74, 6) is -0.609. The largest absolute Gasteiger partial charge is 0.352 e. The highest BCUT2D eigenvalue weighted by atomic mass is 35.5. The van der Waals surface area contributed by atoms with Crippen molar-refractivity contribution in [2.75, 3.05) is 17.1 Å². The van der Waals surface area contributed by atoms with Crippen LogP contribution in [0.5, 0.6) is 0 Å². The maximum atomic E-state index is 13.4. The van der Waals surface area contributed by atoms with Crippen LogP contribution in [0.2, 0.25) is 15.1 Å². The van der Waals surface area contributed by atoms with E-state index < -0.39 is 16.1 Å². The van der Waals surface area contributed by atoms with Crippen LogP contribution in [-0.4, -0.2) is 50.0 Å². The Morgan fingerprint density at radius 2 is 1.58 bits per heavy atom. The van der Waals surface area contributed by atoms with Gasteiger partial charge in [0.2, 0.25) is 21.8 Å². The Labute approximate surface area is 228 Å². The van der Waals surface area contributed by atoms with Gasteiger partial charge in [0.05, 0.1) is 11.9 Å². The Kier molecular flexibility index (Phi) is 11.3. The zero-order valence-electron chi connectivity index (χ0n) is 20.8. The number of benzene rings is 2. The molecule has 0 aliphatic rings. The number of anilines is 1. The van der Waals surface area contributed by atoms with Gasteiger partial charge in [-0.05, 0) is 63.1 Å². The summed E-state index contributed by atoms with van der Waals surface area (Å²) in [4.78, 5) is 27.7. The fourth-order valence-electron chi connectivity index (χ4n) is 3.51. The molecule has 0 heterocycles. The maximum Gasteiger partial charge on any atom is 0.242 e. The number of hydrogen-bond donors (Lipinski definition) is 1. The van der Waals surface area contributed by atoms with E-state index in [1.54, 1.807) is 49.4 Å². The van der Waals surface area contributed by atoms with Crippen molar-refractivity contribution in [3.8, 4) is 0 Å². The van der Waals surface area contributed by atoms with Crippen LogP contribution in [0.4, 0.5) is 5.69 Å². The van der Waals surface area contributed by atoms with Crippen molar-refractivity contribution < 1.29 is 18.0 Å². The van der Waals surface area contributed by atoms with E-state index >= 15 is 0 Å². The molecule has 11 heteroatoms. The molecule has 0 saturated carbocycles. The number of halogens is 3. The smallest absolute Gasteiger partial charge is 0.242 e. The van der Waals surface area contributed by atoms with E-state index in [0.717, 1.165) is 12.7 Å². The number of rotatable bonds is 12. The molecule has 0 radical (unpaired) electrons. The summed E-state index contributed by atoms with van der Waals surface area (Å²) in [6, 6.07) is 10.6. The fraction of sp³-hybridized carbons (Fsp3) is 0.440. The van der Waals surface area contributed by atoms with Gasteiger partial charge in [-0.3, -0.25) is 13.9 Å². The third-order valence-corrected chi connectivity index (χ3v) is 7.98. The molecule has 2 aromatic rings. The van der Waals surface area contributed by atoms with Gasteiger partial charge in [-0.2, -0.15) is 0 Å². The van der Waals surface area contributed by atoms with Gasteiger partial charge in [-0.25, -0.2) is 8.42 Å². The van der Waals surface area contributed by atoms with E-state index in [2.05, 4.69) is 5.32 Å². The van der Waals surface area contributed by atoms with Crippen LogP contribution in [0.3, 0.4) is 0 Å². The van der Waals surface area contributed by atoms with Gasteiger partial charge >= 0.3 is 0 Å². The van der Waals surface area contributed by atoms with E-state index in [9.17, 15) is 18.0 Å². The highest BCUT2D eigenvalue weighted by molar-refractivity contribution is 7.92. The third-order valence-electron chi connectivity index (χ3n) is 5.83. The molecule has 0 bridgehead atoms. The Hall–Kier alpha value is -2.00. The maximum absolute atomic E-state index is 13.4. The lowest BCUT2D eigenvalue weighted by Gasteiger charge is -2.30. The summed E-state index contributed by atoms with van der Waals surface area (Å²) < 4.78 is 26.0. The van der Waals surface area contributed by atoms with Crippen LogP contribution in [-0.2, 0) is 26.2 Å². The van der Waals surface area contributed by atoms with Crippen molar-refractivity contribution in [3.05, 3.63) is 63.1 Å². The van der Waals surface area contributed by atoms with Gasteiger partial charge < -0.3 is 10.2 Å². The van der Waals surface area contributed by atoms with Crippen molar-refractivity contribution in [2.45, 2.75) is 58.7 Å². The molecule has 0 spiro atoms. The molecular weight excluding hydrogens is 545 g/mol. The van der Waals surface area contributed by atoms with Crippen molar-refractivity contribution in [3.63, 3.8) is 0 Å². The number of nitrogens with one attached hydrogen (secondary N) is 1. The number of sulfonamides is 1. The summed E-state index contributed by atoms with van der Waals surface area (Å²) in [7, 11) is -3.59. The summed E-state index contributed by atoms with van der Waals surface area (Å²) in [5.41, 5.74) is 0.992. The van der Waals surface area contributed by atoms with E-state index in [-0.39, 0.29) is 43.8 Å². The molecule has 0 aliphatic heterocycles. The van der Waals surface area contributed by atoms with Crippen LogP contribution in [0, 0.1) is 0 Å². The highest BCUT2D eigenvalue weighted by Crippen LogP contribution is 2.27. The summed E-state index contributed by atoms with van der Waals surface area (Å²) in [5, 5.41) is 4.17. The standard InChI is InChI=1S/C25H32Cl3N3O4S/c1-5-17(2)29-25(33)18(3)30(16-21-22(27)8-6-9-23(21)28)24(32)10-7-15-31(36(4,34)35)20-13-11-19(26)12-14-20/h6,8-9,11-14,17-18H,5,7,10,15-16H2,1-4H3,(H,29,33)/t17-,18-/m1/s1. The lowest BCUT2D eigenvalue weighted by molar-refractivity contribution is -0.140. The minimum atomic E-state index is -3.59. The molecule has 0 unspecified atom stereocenters. The first-order chi connectivity index (χ1) is 16.8. The third kappa shape index (κ3) is 8.54. The molecule has 2 amide bonds. The van der Waals surface area contributed by atoms with Gasteiger partial charge in [-0.15, -0.1) is 0 Å².